The zero-order valence-electron chi connectivity index (χ0n) is 17.4. The first kappa shape index (κ1) is 21.7. The second kappa shape index (κ2) is 10.7. The lowest BCUT2D eigenvalue weighted by atomic mass is 10.0. The molecule has 1 fully saturated rings. The van der Waals surface area contributed by atoms with E-state index in [2.05, 4.69) is 17.1 Å². The van der Waals surface area contributed by atoms with Gasteiger partial charge >= 0.3 is 0 Å². The summed E-state index contributed by atoms with van der Waals surface area (Å²) < 4.78 is 11.6. The van der Waals surface area contributed by atoms with Gasteiger partial charge in [-0.1, -0.05) is 20.8 Å². The Morgan fingerprint density at radius 1 is 1.26 bits per heavy atom. The largest absolute Gasteiger partial charge is 0.492 e. The van der Waals surface area contributed by atoms with E-state index in [-0.39, 0.29) is 5.91 Å². The molecule has 152 valence electrons. The van der Waals surface area contributed by atoms with Crippen LogP contribution in [0.4, 0.5) is 5.69 Å². The monoisotopic (exact) mass is 376 g/mol. The van der Waals surface area contributed by atoms with Gasteiger partial charge in [-0.05, 0) is 69.3 Å². The van der Waals surface area contributed by atoms with E-state index in [4.69, 9.17) is 9.47 Å². The number of carbonyl (C=O) groups is 1. The summed E-state index contributed by atoms with van der Waals surface area (Å²) in [6, 6.07) is 7.58. The maximum Gasteiger partial charge on any atom is 0.256 e. The normalized spacial score (nSPS) is 20.1. The number of nitrogens with zero attached hydrogens (tertiary/aromatic N) is 1. The Morgan fingerprint density at radius 3 is 2.63 bits per heavy atom. The Labute approximate surface area is 164 Å². The number of carbonyl (C=O) groups excluding carboxylic acids is 1. The van der Waals surface area contributed by atoms with Gasteiger partial charge < -0.3 is 14.8 Å². The van der Waals surface area contributed by atoms with Crippen LogP contribution < -0.4 is 10.1 Å². The summed E-state index contributed by atoms with van der Waals surface area (Å²) in [6.45, 7) is 12.8. The van der Waals surface area contributed by atoms with E-state index >= 15 is 0 Å². The first-order valence-corrected chi connectivity index (χ1v) is 10.4. The third-order valence-electron chi connectivity index (χ3n) is 5.31. The molecule has 0 spiro atoms. The van der Waals surface area contributed by atoms with Crippen molar-refractivity contribution in [1.82, 2.24) is 4.90 Å². The Morgan fingerprint density at radius 2 is 2.00 bits per heavy atom. The van der Waals surface area contributed by atoms with Gasteiger partial charge in [-0.15, -0.1) is 0 Å². The van der Waals surface area contributed by atoms with Crippen LogP contribution in [0.2, 0.25) is 0 Å². The highest BCUT2D eigenvalue weighted by Crippen LogP contribution is 2.21. The molecule has 0 aliphatic carbocycles. The van der Waals surface area contributed by atoms with Crippen LogP contribution in [0, 0.1) is 5.92 Å². The molecule has 0 bridgehead atoms. The third kappa shape index (κ3) is 6.82. The molecule has 0 aromatic heterocycles. The summed E-state index contributed by atoms with van der Waals surface area (Å²) in [5, 5.41) is 2.95. The lowest BCUT2D eigenvalue weighted by Gasteiger charge is -2.30. The molecule has 2 rings (SSSR count). The Hall–Kier alpha value is -1.59. The molecular weight excluding hydrogens is 340 g/mol. The number of likely N-dealkylation sites (tertiary alicyclic amines) is 1. The smallest absolute Gasteiger partial charge is 0.256 e. The predicted octanol–water partition coefficient (Wildman–Crippen LogP) is 4.33. The average Bonchev–Trinajstić information content (AvgIpc) is 2.67. The molecule has 1 aliphatic heterocycles. The van der Waals surface area contributed by atoms with Crippen LogP contribution in [0.25, 0.3) is 0 Å². The quantitative estimate of drug-likeness (QED) is 0.660. The van der Waals surface area contributed by atoms with E-state index < -0.39 is 5.60 Å². The average molecular weight is 377 g/mol. The number of amides is 1. The molecular formula is C22H36N2O3. The number of piperidine rings is 1. The first-order chi connectivity index (χ1) is 13.0. The molecule has 1 aliphatic rings. The van der Waals surface area contributed by atoms with Crippen molar-refractivity contribution in [3.63, 3.8) is 0 Å². The summed E-state index contributed by atoms with van der Waals surface area (Å²) >= 11 is 0. The Kier molecular flexibility index (Phi) is 8.58. The highest BCUT2D eigenvalue weighted by atomic mass is 16.5. The van der Waals surface area contributed by atoms with Crippen LogP contribution in [0.1, 0.15) is 53.4 Å². The van der Waals surface area contributed by atoms with E-state index in [1.807, 2.05) is 45.0 Å². The van der Waals surface area contributed by atoms with Gasteiger partial charge in [-0.3, -0.25) is 9.69 Å². The fraction of sp³-hybridized carbons (Fsp3) is 0.682. The van der Waals surface area contributed by atoms with Crippen LogP contribution in [0.5, 0.6) is 5.75 Å². The van der Waals surface area contributed by atoms with Crippen LogP contribution in [-0.4, -0.2) is 49.3 Å². The van der Waals surface area contributed by atoms with Gasteiger partial charge in [0.05, 0.1) is 0 Å². The minimum absolute atomic E-state index is 0.105. The molecule has 1 saturated heterocycles. The van der Waals surface area contributed by atoms with Gasteiger partial charge in [0.15, 0.2) is 0 Å². The maximum absolute atomic E-state index is 12.6. The highest BCUT2D eigenvalue weighted by molar-refractivity contribution is 5.97. The minimum Gasteiger partial charge on any atom is -0.492 e. The number of rotatable bonds is 10. The SMILES string of the molecule is CCCO[C@@](C)(CC)C(=O)Nc1ccc(OCCN2CCC[C@H](C)C2)cc1. The molecule has 1 heterocycles. The molecule has 1 N–H and O–H groups in total. The van der Waals surface area contributed by atoms with Crippen molar-refractivity contribution in [2.24, 2.45) is 5.92 Å². The molecule has 1 aromatic rings. The van der Waals surface area contributed by atoms with E-state index in [1.54, 1.807) is 0 Å². The fourth-order valence-electron chi connectivity index (χ4n) is 3.34. The number of hydrogen-bond acceptors (Lipinski definition) is 4. The lowest BCUT2D eigenvalue weighted by molar-refractivity contribution is -0.139. The van der Waals surface area contributed by atoms with E-state index in [0.29, 0.717) is 19.6 Å². The Bertz CT molecular complexity index is 575. The van der Waals surface area contributed by atoms with E-state index in [1.165, 1.54) is 25.9 Å². The van der Waals surface area contributed by atoms with Crippen LogP contribution in [0.15, 0.2) is 24.3 Å². The van der Waals surface area contributed by atoms with Crippen molar-refractivity contribution in [3.8, 4) is 5.75 Å². The lowest BCUT2D eigenvalue weighted by Crippen LogP contribution is -2.42. The molecule has 1 aromatic carbocycles. The fourth-order valence-corrected chi connectivity index (χ4v) is 3.34. The standard InChI is InChI=1S/C22H36N2O3/c1-5-15-27-22(4,6-2)21(25)23-19-9-11-20(12-10-19)26-16-14-24-13-7-8-18(3)17-24/h9-12,18H,5-8,13-17H2,1-4H3,(H,23,25)/t18-,22-/m0/s1. The molecule has 5 heteroatoms. The molecule has 1 amide bonds. The van der Waals surface area contributed by atoms with Gasteiger partial charge in [-0.2, -0.15) is 0 Å². The van der Waals surface area contributed by atoms with Gasteiger partial charge in [0.2, 0.25) is 0 Å². The third-order valence-corrected chi connectivity index (χ3v) is 5.31. The number of ether oxygens (including phenoxy) is 2. The first-order valence-electron chi connectivity index (χ1n) is 10.4. The minimum atomic E-state index is -0.795. The van der Waals surface area contributed by atoms with Crippen molar-refractivity contribution in [2.75, 3.05) is 38.2 Å². The van der Waals surface area contributed by atoms with Gasteiger partial charge in [-0.25, -0.2) is 0 Å². The number of anilines is 1. The summed E-state index contributed by atoms with van der Waals surface area (Å²) in [7, 11) is 0. The summed E-state index contributed by atoms with van der Waals surface area (Å²) in [5.41, 5.74) is -0.0338. The van der Waals surface area contributed by atoms with Crippen molar-refractivity contribution >= 4 is 11.6 Å². The number of nitrogens with one attached hydrogen (secondary N) is 1. The maximum atomic E-state index is 12.6. The molecule has 5 nitrogen and oxygen atoms in total. The topological polar surface area (TPSA) is 50.8 Å². The Balaban J connectivity index is 1.79. The summed E-state index contributed by atoms with van der Waals surface area (Å²) in [5.74, 6) is 1.52. The predicted molar refractivity (Wildman–Crippen MR) is 110 cm³/mol. The second-order valence-electron chi connectivity index (χ2n) is 7.81. The van der Waals surface area contributed by atoms with Gasteiger partial charge in [0.1, 0.15) is 18.0 Å². The second-order valence-corrected chi connectivity index (χ2v) is 7.81. The van der Waals surface area contributed by atoms with Crippen molar-refractivity contribution in [3.05, 3.63) is 24.3 Å². The van der Waals surface area contributed by atoms with Crippen LogP contribution >= 0.6 is 0 Å². The molecule has 2 atom stereocenters. The van der Waals surface area contributed by atoms with Crippen molar-refractivity contribution in [2.45, 2.75) is 59.0 Å². The van der Waals surface area contributed by atoms with Crippen LogP contribution in [-0.2, 0) is 9.53 Å². The zero-order valence-corrected chi connectivity index (χ0v) is 17.4. The highest BCUT2D eigenvalue weighted by Gasteiger charge is 2.32. The zero-order chi connectivity index (χ0) is 19.7. The molecule has 27 heavy (non-hydrogen) atoms. The summed E-state index contributed by atoms with van der Waals surface area (Å²) in [6.07, 6.45) is 4.15. The van der Waals surface area contributed by atoms with Crippen molar-refractivity contribution in [1.29, 1.82) is 0 Å². The van der Waals surface area contributed by atoms with E-state index in [9.17, 15) is 4.79 Å². The molecule has 0 radical (unpaired) electrons. The van der Waals surface area contributed by atoms with E-state index in [0.717, 1.165) is 30.3 Å². The number of hydrogen-bond donors (Lipinski definition) is 1. The van der Waals surface area contributed by atoms with Gasteiger partial charge in [0, 0.05) is 25.4 Å². The van der Waals surface area contributed by atoms with Gasteiger partial charge in [0.25, 0.3) is 5.91 Å². The van der Waals surface area contributed by atoms with Crippen LogP contribution in [0.3, 0.4) is 0 Å². The molecule has 0 saturated carbocycles. The molecule has 0 unspecified atom stereocenters. The summed E-state index contributed by atoms with van der Waals surface area (Å²) in [4.78, 5) is 15.0. The van der Waals surface area contributed by atoms with Crippen molar-refractivity contribution < 1.29 is 14.3 Å². The number of benzene rings is 1.